The van der Waals surface area contributed by atoms with E-state index >= 15 is 0 Å². The number of nitrogens with zero attached hydrogens (tertiary/aromatic N) is 6. The number of rotatable bonds is 13. The number of aromatic nitrogens is 2. The summed E-state index contributed by atoms with van der Waals surface area (Å²) in [5.41, 5.74) is 5.05. The molecule has 3 aromatic carbocycles. The molecule has 2 atom stereocenters. The maximum absolute atomic E-state index is 13.3. The molecular weight excluding hydrogens is 946 g/mol. The molecule has 9 rings (SSSR count). The quantitative estimate of drug-likeness (QED) is 0.112. The summed E-state index contributed by atoms with van der Waals surface area (Å²) in [5.74, 6) is 1.67. The molecule has 2 unspecified atom stereocenters. The van der Waals surface area contributed by atoms with Crippen LogP contribution < -0.4 is 16.2 Å². The topological polar surface area (TPSA) is 154 Å². The molecule has 15 heteroatoms. The number of benzene rings is 3. The standard InChI is InChI=1S/C26H44N6O4.C16H13FN2O.C12H17N.C4H10.C2H6.H2/c33-20-27-25(23-4-2-1-3-5-23)26(36)32-8-6-22(7-9-32)18-28-10-12-29(13-11-28)19-24(35)31-16-14-30(21-34)15-17-31;1-10-8-11(6-7-14(10)17)9-15-12-4-2-3-5-13(12)16(20)19-18-15;1-10-4-2-5-11(8-10)12-6-3-7-13-9-12;1-3-4-2;1-2;/h20-23,25H,1-19H2,(H,27,33);2-8H,9H2,1H3,(H,19,20);2,4-5,8,12-13H,3,6-7,9H2,1H3;3-4H2,1-2H3;1-2H3;1H. The maximum atomic E-state index is 13.3. The molecule has 1 aromatic heterocycles. The number of amides is 4. The summed E-state index contributed by atoms with van der Waals surface area (Å²) in [7, 11) is 0. The van der Waals surface area contributed by atoms with E-state index in [1.807, 2.05) is 41.8 Å². The largest absolute Gasteiger partial charge is 0.347 e. The van der Waals surface area contributed by atoms with Gasteiger partial charge in [-0.25, -0.2) is 9.49 Å². The highest BCUT2D eigenvalue weighted by Crippen LogP contribution is 2.29. The van der Waals surface area contributed by atoms with E-state index in [0.717, 1.165) is 120 Å². The lowest BCUT2D eigenvalue weighted by Crippen LogP contribution is -2.54. The first-order chi connectivity index (χ1) is 36.5. The number of H-pyrrole nitrogens is 1. The lowest BCUT2D eigenvalue weighted by atomic mass is 9.83. The second kappa shape index (κ2) is 32.8. The van der Waals surface area contributed by atoms with Crippen molar-refractivity contribution in [2.24, 2.45) is 11.8 Å². The second-order valence-corrected chi connectivity index (χ2v) is 20.8. The number of carbonyl (C=O) groups excluding carboxylic acids is 4. The van der Waals surface area contributed by atoms with Gasteiger partial charge in [0.2, 0.25) is 24.6 Å². The molecule has 0 spiro atoms. The Hall–Kier alpha value is -5.51. The van der Waals surface area contributed by atoms with Gasteiger partial charge in [-0.15, -0.1) is 0 Å². The minimum Gasteiger partial charge on any atom is -0.347 e. The Morgan fingerprint density at radius 2 is 1.45 bits per heavy atom. The zero-order chi connectivity index (χ0) is 54.0. The van der Waals surface area contributed by atoms with E-state index in [-0.39, 0.29) is 36.6 Å². The van der Waals surface area contributed by atoms with E-state index in [1.165, 1.54) is 55.8 Å². The number of unbranched alkanes of at least 4 members (excludes halogenated alkanes) is 1. The minimum atomic E-state index is -0.357. The lowest BCUT2D eigenvalue weighted by Gasteiger charge is -2.40. The molecular formula is C60H92FN9O5. The molecule has 14 nitrogen and oxygen atoms in total. The van der Waals surface area contributed by atoms with E-state index in [9.17, 15) is 28.4 Å². The smallest absolute Gasteiger partial charge is 0.272 e. The van der Waals surface area contributed by atoms with E-state index in [0.29, 0.717) is 62.4 Å². The first kappa shape index (κ1) is 60.4. The van der Waals surface area contributed by atoms with Gasteiger partial charge in [0.05, 0.1) is 17.6 Å². The van der Waals surface area contributed by atoms with Crippen molar-refractivity contribution in [3.8, 4) is 0 Å². The van der Waals surface area contributed by atoms with Gasteiger partial charge >= 0.3 is 0 Å². The normalized spacial score (nSPS) is 19.1. The zero-order valence-corrected chi connectivity index (χ0v) is 46.3. The van der Waals surface area contributed by atoms with Crippen LogP contribution in [0.1, 0.15) is 134 Å². The Labute approximate surface area is 449 Å². The molecule has 4 saturated heterocycles. The molecule has 0 radical (unpaired) electrons. The highest BCUT2D eigenvalue weighted by molar-refractivity contribution is 5.84. The number of piperidine rings is 2. The fraction of sp³-hybridized carbons (Fsp3) is 0.600. The first-order valence-corrected chi connectivity index (χ1v) is 28.4. The number of likely N-dealkylation sites (tertiary alicyclic amines) is 1. The zero-order valence-electron chi connectivity index (χ0n) is 46.3. The van der Waals surface area contributed by atoms with E-state index in [2.05, 4.69) is 75.7 Å². The molecule has 1 saturated carbocycles. The fourth-order valence-electron chi connectivity index (χ4n) is 10.7. The van der Waals surface area contributed by atoms with Crippen molar-refractivity contribution in [2.45, 2.75) is 131 Å². The summed E-state index contributed by atoms with van der Waals surface area (Å²) in [4.78, 5) is 69.9. The Morgan fingerprint density at radius 3 is 2.07 bits per heavy atom. The van der Waals surface area contributed by atoms with Crippen LogP contribution >= 0.6 is 0 Å². The van der Waals surface area contributed by atoms with Crippen molar-refractivity contribution in [2.75, 3.05) is 91.6 Å². The van der Waals surface area contributed by atoms with Crippen LogP contribution in [0.4, 0.5) is 4.39 Å². The van der Waals surface area contributed by atoms with E-state index in [1.54, 1.807) is 30.0 Å². The van der Waals surface area contributed by atoms with Gasteiger partial charge in [0.1, 0.15) is 11.9 Å². The predicted octanol–water partition coefficient (Wildman–Crippen LogP) is 8.34. The number of aromatic amines is 1. The Balaban J connectivity index is 0.000000260. The van der Waals surface area contributed by atoms with Crippen LogP contribution in [0.15, 0.2) is 71.5 Å². The SMILES string of the molecule is CC.CCCC.Cc1cc(Cc2n[nH]c(=O)c3ccccc23)ccc1F.Cc1cccc(C2CCCNC2)c1.O=CNC(C(=O)N1CCC(CN2CCN(CC(=O)N3CCN(C=O)CC3)CC2)CC1)C1CCCCC1.[HH]. The van der Waals surface area contributed by atoms with Crippen LogP contribution in [0.3, 0.4) is 0 Å². The predicted molar refractivity (Wildman–Crippen MR) is 302 cm³/mol. The second-order valence-electron chi connectivity index (χ2n) is 20.8. The van der Waals surface area contributed by atoms with Crippen LogP contribution in [0.2, 0.25) is 0 Å². The minimum absolute atomic E-state index is 0. The molecule has 5 fully saturated rings. The molecule has 414 valence electrons. The summed E-state index contributed by atoms with van der Waals surface area (Å²) < 4.78 is 13.3. The average molecular weight is 1040 g/mol. The number of nitrogens with one attached hydrogen (secondary N) is 3. The molecule has 5 heterocycles. The number of aryl methyl sites for hydroxylation is 2. The van der Waals surface area contributed by atoms with Crippen molar-refractivity contribution in [3.05, 3.63) is 111 Å². The van der Waals surface area contributed by atoms with Crippen LogP contribution in [0.25, 0.3) is 10.8 Å². The molecule has 5 aliphatic rings. The molecule has 4 aliphatic heterocycles. The Morgan fingerprint density at radius 1 is 0.773 bits per heavy atom. The van der Waals surface area contributed by atoms with Gasteiger partial charge in [-0.2, -0.15) is 5.10 Å². The van der Waals surface area contributed by atoms with Gasteiger partial charge in [0.15, 0.2) is 0 Å². The number of hydrogen-bond donors (Lipinski definition) is 3. The maximum Gasteiger partial charge on any atom is 0.272 e. The lowest BCUT2D eigenvalue weighted by molar-refractivity contribution is -0.138. The molecule has 4 amide bonds. The molecule has 0 bridgehead atoms. The van der Waals surface area contributed by atoms with Crippen molar-refractivity contribution >= 4 is 35.4 Å². The van der Waals surface area contributed by atoms with Crippen LogP contribution in [-0.4, -0.2) is 157 Å². The monoisotopic (exact) mass is 1040 g/mol. The number of hydrogen-bond acceptors (Lipinski definition) is 9. The van der Waals surface area contributed by atoms with Crippen LogP contribution in [0, 0.1) is 31.5 Å². The summed E-state index contributed by atoms with van der Waals surface area (Å²) in [6.07, 6.45) is 15.0. The van der Waals surface area contributed by atoms with Crippen molar-refractivity contribution in [1.29, 1.82) is 0 Å². The van der Waals surface area contributed by atoms with Crippen molar-refractivity contribution < 1.29 is 25.0 Å². The number of halogens is 1. The number of carbonyl (C=O) groups is 4. The van der Waals surface area contributed by atoms with E-state index < -0.39 is 0 Å². The Kier molecular flexibility index (Phi) is 26.4. The highest BCUT2D eigenvalue weighted by Gasteiger charge is 2.35. The molecule has 1 aliphatic carbocycles. The summed E-state index contributed by atoms with van der Waals surface area (Å²) in [6.45, 7) is 23.9. The third-order valence-corrected chi connectivity index (χ3v) is 15.4. The van der Waals surface area contributed by atoms with Gasteiger partial charge in [-0.1, -0.05) is 120 Å². The Bertz CT molecular complexity index is 2390. The molecule has 75 heavy (non-hydrogen) atoms. The third-order valence-electron chi connectivity index (χ3n) is 15.4. The highest BCUT2D eigenvalue weighted by atomic mass is 19.1. The average Bonchev–Trinajstić information content (AvgIpc) is 3.46. The van der Waals surface area contributed by atoms with Gasteiger partial charge < -0.3 is 30.2 Å². The third kappa shape index (κ3) is 19.2. The number of piperazine rings is 2. The first-order valence-electron chi connectivity index (χ1n) is 28.4. The summed E-state index contributed by atoms with van der Waals surface area (Å²) in [5, 5.41) is 14.4. The van der Waals surface area contributed by atoms with Gasteiger partial charge in [-0.05, 0) is 105 Å². The van der Waals surface area contributed by atoms with E-state index in [4.69, 9.17) is 0 Å². The summed E-state index contributed by atoms with van der Waals surface area (Å²) >= 11 is 0. The van der Waals surface area contributed by atoms with Gasteiger partial charge in [0.25, 0.3) is 5.56 Å². The van der Waals surface area contributed by atoms with Crippen LogP contribution in [-0.2, 0) is 25.6 Å². The van der Waals surface area contributed by atoms with Crippen LogP contribution in [0.5, 0.6) is 0 Å². The van der Waals surface area contributed by atoms with Gasteiger partial charge in [-0.3, -0.25) is 28.9 Å². The van der Waals surface area contributed by atoms with Crippen molar-refractivity contribution in [3.63, 3.8) is 0 Å². The fourth-order valence-corrected chi connectivity index (χ4v) is 10.7. The van der Waals surface area contributed by atoms with Gasteiger partial charge in [0, 0.05) is 91.8 Å². The molecule has 4 aromatic rings. The molecule has 3 N–H and O–H groups in total. The summed E-state index contributed by atoms with van der Waals surface area (Å²) in [6, 6.07) is 20.9. The van der Waals surface area contributed by atoms with Crippen molar-refractivity contribution in [1.82, 2.24) is 45.3 Å². The number of fused-ring (bicyclic) bond motifs is 1.